The van der Waals surface area contributed by atoms with Crippen molar-refractivity contribution in [1.82, 2.24) is 0 Å². The van der Waals surface area contributed by atoms with Crippen LogP contribution in [-0.4, -0.2) is 17.1 Å². The Bertz CT molecular complexity index is 678. The van der Waals surface area contributed by atoms with Crippen molar-refractivity contribution in [2.45, 2.75) is 26.3 Å². The molecule has 1 N–H and O–H groups in total. The molecule has 0 aromatic heterocycles. The van der Waals surface area contributed by atoms with Gasteiger partial charge in [0.1, 0.15) is 5.75 Å². The van der Waals surface area contributed by atoms with Crippen LogP contribution < -0.4 is 4.90 Å². The van der Waals surface area contributed by atoms with E-state index in [0.717, 1.165) is 17.7 Å². The number of phenolic OH excluding ortho intramolecular Hbond substituents is 1. The Hall–Kier alpha value is -2.29. The van der Waals surface area contributed by atoms with Crippen molar-refractivity contribution < 1.29 is 9.90 Å². The minimum Gasteiger partial charge on any atom is -0.507 e. The largest absolute Gasteiger partial charge is 0.507 e. The van der Waals surface area contributed by atoms with Crippen molar-refractivity contribution in [3.05, 3.63) is 59.2 Å². The fraction of sp³-hybridized carbons (Fsp3) is 0.235. The highest BCUT2D eigenvalue weighted by Gasteiger charge is 2.32. The number of fused-ring (bicyclic) bond motifs is 1. The third-order valence-electron chi connectivity index (χ3n) is 3.81. The highest BCUT2D eigenvalue weighted by molar-refractivity contribution is 6.09. The molecular weight excluding hydrogens is 250 g/mol. The maximum absolute atomic E-state index is 12.8. The van der Waals surface area contributed by atoms with Crippen LogP contribution >= 0.6 is 0 Å². The zero-order chi connectivity index (χ0) is 14.3. The lowest BCUT2D eigenvalue weighted by atomic mass is 10.1. The molecule has 102 valence electrons. The van der Waals surface area contributed by atoms with Crippen LogP contribution in [0.2, 0.25) is 0 Å². The van der Waals surface area contributed by atoms with E-state index in [9.17, 15) is 9.90 Å². The van der Waals surface area contributed by atoms with Gasteiger partial charge in [-0.1, -0.05) is 29.8 Å². The Morgan fingerprint density at radius 3 is 2.80 bits per heavy atom. The van der Waals surface area contributed by atoms with Gasteiger partial charge < -0.3 is 10.0 Å². The predicted molar refractivity (Wildman–Crippen MR) is 79.3 cm³/mol. The van der Waals surface area contributed by atoms with Gasteiger partial charge in [-0.3, -0.25) is 4.79 Å². The summed E-state index contributed by atoms with van der Waals surface area (Å²) in [6.07, 6.45) is 0.856. The molecule has 0 aliphatic carbocycles. The van der Waals surface area contributed by atoms with Crippen LogP contribution in [0.4, 0.5) is 5.69 Å². The van der Waals surface area contributed by atoms with E-state index >= 15 is 0 Å². The van der Waals surface area contributed by atoms with E-state index in [1.54, 1.807) is 23.1 Å². The van der Waals surface area contributed by atoms with Crippen molar-refractivity contribution >= 4 is 11.6 Å². The Labute approximate surface area is 118 Å². The number of carbonyl (C=O) groups excluding carboxylic acids is 1. The lowest BCUT2D eigenvalue weighted by molar-refractivity contribution is 0.0979. The molecule has 3 heteroatoms. The molecule has 0 fully saturated rings. The van der Waals surface area contributed by atoms with E-state index < -0.39 is 0 Å². The average Bonchev–Trinajstić information content (AvgIpc) is 2.76. The number of amides is 1. The Balaban J connectivity index is 2.05. The second kappa shape index (κ2) is 4.67. The van der Waals surface area contributed by atoms with Crippen molar-refractivity contribution in [2.75, 3.05) is 4.90 Å². The number of aromatic hydroxyl groups is 1. The second-order valence-corrected chi connectivity index (χ2v) is 5.38. The Morgan fingerprint density at radius 1 is 1.25 bits per heavy atom. The highest BCUT2D eigenvalue weighted by Crippen LogP contribution is 2.34. The van der Waals surface area contributed by atoms with Gasteiger partial charge in [0.05, 0.1) is 5.56 Å². The van der Waals surface area contributed by atoms with Gasteiger partial charge in [0.2, 0.25) is 0 Å². The van der Waals surface area contributed by atoms with Crippen molar-refractivity contribution in [3.63, 3.8) is 0 Å². The van der Waals surface area contributed by atoms with E-state index in [-0.39, 0.29) is 17.7 Å². The second-order valence-electron chi connectivity index (χ2n) is 5.38. The summed E-state index contributed by atoms with van der Waals surface area (Å²) in [7, 11) is 0. The molecule has 2 aromatic rings. The predicted octanol–water partition coefficient (Wildman–Crippen LogP) is 3.29. The van der Waals surface area contributed by atoms with Crippen LogP contribution in [0.15, 0.2) is 42.5 Å². The lowest BCUT2D eigenvalue weighted by Gasteiger charge is -2.23. The van der Waals surface area contributed by atoms with Crippen molar-refractivity contribution in [3.8, 4) is 5.75 Å². The lowest BCUT2D eigenvalue weighted by Crippen LogP contribution is -2.35. The molecule has 0 radical (unpaired) electrons. The topological polar surface area (TPSA) is 40.5 Å². The first-order valence-electron chi connectivity index (χ1n) is 6.79. The summed E-state index contributed by atoms with van der Waals surface area (Å²) >= 11 is 0. The number of rotatable bonds is 1. The van der Waals surface area contributed by atoms with Crippen LogP contribution in [-0.2, 0) is 6.42 Å². The summed E-state index contributed by atoms with van der Waals surface area (Å²) in [6.45, 7) is 3.95. The molecule has 3 nitrogen and oxygen atoms in total. The molecular formula is C17H17NO2. The van der Waals surface area contributed by atoms with E-state index in [1.165, 1.54) is 5.56 Å². The zero-order valence-electron chi connectivity index (χ0n) is 11.6. The van der Waals surface area contributed by atoms with Crippen LogP contribution in [0.25, 0.3) is 0 Å². The standard InChI is InChI=1S/C17H17NO2/c1-11-7-8-16(19)14(9-11)17(20)18-12(2)10-13-5-3-4-6-15(13)18/h3-9,12,19H,10H2,1-2H3. The molecule has 3 rings (SSSR count). The molecule has 20 heavy (non-hydrogen) atoms. The summed E-state index contributed by atoms with van der Waals surface area (Å²) < 4.78 is 0. The monoisotopic (exact) mass is 267 g/mol. The fourth-order valence-corrected chi connectivity index (χ4v) is 2.83. The van der Waals surface area contributed by atoms with Gasteiger partial charge >= 0.3 is 0 Å². The van der Waals surface area contributed by atoms with Crippen LogP contribution in [0.1, 0.15) is 28.4 Å². The summed E-state index contributed by atoms with van der Waals surface area (Å²) in [5.74, 6) is -0.0965. The van der Waals surface area contributed by atoms with Crippen molar-refractivity contribution in [1.29, 1.82) is 0 Å². The summed E-state index contributed by atoms with van der Waals surface area (Å²) in [5.41, 5.74) is 3.46. The van der Waals surface area contributed by atoms with Gasteiger partial charge in [-0.25, -0.2) is 0 Å². The number of benzene rings is 2. The summed E-state index contributed by atoms with van der Waals surface area (Å²) in [5, 5.41) is 9.95. The van der Waals surface area contributed by atoms with Crippen LogP contribution in [0, 0.1) is 6.92 Å². The molecule has 1 aliphatic heterocycles. The fourth-order valence-electron chi connectivity index (χ4n) is 2.83. The van der Waals surface area contributed by atoms with Gasteiger partial charge in [-0.2, -0.15) is 0 Å². The number of para-hydroxylation sites is 1. The van der Waals surface area contributed by atoms with E-state index in [1.807, 2.05) is 32.0 Å². The normalized spacial score (nSPS) is 17.1. The summed E-state index contributed by atoms with van der Waals surface area (Å²) in [4.78, 5) is 14.5. The quantitative estimate of drug-likeness (QED) is 0.861. The van der Waals surface area contributed by atoms with Gasteiger partial charge in [-0.05, 0) is 44.0 Å². The van der Waals surface area contributed by atoms with Crippen LogP contribution in [0.3, 0.4) is 0 Å². The molecule has 0 saturated heterocycles. The minimum atomic E-state index is -0.136. The van der Waals surface area contributed by atoms with Gasteiger partial charge in [0.15, 0.2) is 0 Å². The number of phenols is 1. The number of aryl methyl sites for hydroxylation is 1. The van der Waals surface area contributed by atoms with E-state index in [0.29, 0.717) is 5.56 Å². The third kappa shape index (κ3) is 1.95. The smallest absolute Gasteiger partial charge is 0.262 e. The molecule has 0 bridgehead atoms. The molecule has 1 atom stereocenters. The van der Waals surface area contributed by atoms with Gasteiger partial charge in [-0.15, -0.1) is 0 Å². The molecule has 0 saturated carbocycles. The summed E-state index contributed by atoms with van der Waals surface area (Å²) in [6, 6.07) is 13.2. The number of nitrogens with zero attached hydrogens (tertiary/aromatic N) is 1. The first kappa shape index (κ1) is 12.7. The highest BCUT2D eigenvalue weighted by atomic mass is 16.3. The molecule has 1 heterocycles. The Morgan fingerprint density at radius 2 is 2.00 bits per heavy atom. The third-order valence-corrected chi connectivity index (χ3v) is 3.81. The minimum absolute atomic E-state index is 0.0391. The van der Waals surface area contributed by atoms with E-state index in [2.05, 4.69) is 6.07 Å². The SMILES string of the molecule is Cc1ccc(O)c(C(=O)N2c3ccccc3CC2C)c1. The number of carbonyl (C=O) groups is 1. The molecule has 1 aliphatic rings. The molecule has 2 aromatic carbocycles. The zero-order valence-corrected chi connectivity index (χ0v) is 11.6. The van der Waals surface area contributed by atoms with Gasteiger partial charge in [0, 0.05) is 11.7 Å². The van der Waals surface area contributed by atoms with Crippen molar-refractivity contribution in [2.24, 2.45) is 0 Å². The maximum Gasteiger partial charge on any atom is 0.262 e. The first-order valence-corrected chi connectivity index (χ1v) is 6.79. The molecule has 1 unspecified atom stereocenters. The van der Waals surface area contributed by atoms with Gasteiger partial charge in [0.25, 0.3) is 5.91 Å². The molecule has 0 spiro atoms. The van der Waals surface area contributed by atoms with E-state index in [4.69, 9.17) is 0 Å². The molecule has 1 amide bonds. The maximum atomic E-state index is 12.8. The number of anilines is 1. The van der Waals surface area contributed by atoms with Crippen LogP contribution in [0.5, 0.6) is 5.75 Å². The Kier molecular flexibility index (Phi) is 2.97. The number of hydrogen-bond donors (Lipinski definition) is 1. The first-order chi connectivity index (χ1) is 9.58. The average molecular weight is 267 g/mol. The number of hydrogen-bond acceptors (Lipinski definition) is 2.